The predicted molar refractivity (Wildman–Crippen MR) is 74.8 cm³/mol. The molecule has 0 aromatic rings. The van der Waals surface area contributed by atoms with Crippen LogP contribution in [0.25, 0.3) is 0 Å². The summed E-state index contributed by atoms with van der Waals surface area (Å²) in [6.45, 7) is 2.90. The Morgan fingerprint density at radius 2 is 1.96 bits per heavy atom. The minimum atomic E-state index is -4.21. The second-order valence-corrected chi connectivity index (χ2v) is 6.36. The molecule has 128 valence electrons. The molecule has 9 heteroatoms. The van der Waals surface area contributed by atoms with Gasteiger partial charge in [0.1, 0.15) is 6.04 Å². The third kappa shape index (κ3) is 3.23. The van der Waals surface area contributed by atoms with Crippen LogP contribution < -0.4 is 5.32 Å². The van der Waals surface area contributed by atoms with E-state index in [1.807, 2.05) is 4.90 Å². The highest BCUT2D eigenvalue weighted by molar-refractivity contribution is 5.83. The Morgan fingerprint density at radius 1 is 1.22 bits per heavy atom. The lowest BCUT2D eigenvalue weighted by Crippen LogP contribution is -2.68. The number of rotatable bonds is 1. The van der Waals surface area contributed by atoms with Crippen molar-refractivity contribution in [3.8, 4) is 6.19 Å². The van der Waals surface area contributed by atoms with E-state index in [1.54, 1.807) is 4.90 Å². The van der Waals surface area contributed by atoms with E-state index in [1.165, 1.54) is 4.90 Å². The lowest BCUT2D eigenvalue weighted by Gasteiger charge is -2.48. The summed E-state index contributed by atoms with van der Waals surface area (Å²) < 4.78 is 38.9. The van der Waals surface area contributed by atoms with Crippen LogP contribution in [0.1, 0.15) is 12.8 Å². The number of nitrogens with one attached hydrogen (secondary N) is 1. The van der Waals surface area contributed by atoms with Gasteiger partial charge in [-0.2, -0.15) is 18.4 Å². The van der Waals surface area contributed by atoms with E-state index < -0.39 is 24.3 Å². The van der Waals surface area contributed by atoms with Crippen LogP contribution in [0.3, 0.4) is 0 Å². The molecule has 3 aliphatic heterocycles. The third-order valence-corrected chi connectivity index (χ3v) is 5.05. The Morgan fingerprint density at radius 3 is 2.65 bits per heavy atom. The number of alkyl halides is 3. The number of carbonyl (C=O) groups is 1. The Labute approximate surface area is 132 Å². The number of halogens is 3. The molecule has 0 spiro atoms. The quantitative estimate of drug-likeness (QED) is 0.695. The fourth-order valence-electron chi connectivity index (χ4n) is 3.69. The minimum Gasteiger partial charge on any atom is -0.324 e. The minimum absolute atomic E-state index is 0.0554. The molecule has 3 saturated heterocycles. The smallest absolute Gasteiger partial charge is 0.324 e. The zero-order chi connectivity index (χ0) is 16.6. The van der Waals surface area contributed by atoms with Gasteiger partial charge in [0, 0.05) is 26.2 Å². The van der Waals surface area contributed by atoms with E-state index in [9.17, 15) is 18.0 Å². The molecule has 3 heterocycles. The zero-order valence-electron chi connectivity index (χ0n) is 12.7. The lowest BCUT2D eigenvalue weighted by molar-refractivity contribution is -0.190. The van der Waals surface area contributed by atoms with Gasteiger partial charge in [0.15, 0.2) is 6.19 Å². The van der Waals surface area contributed by atoms with Gasteiger partial charge >= 0.3 is 6.18 Å². The van der Waals surface area contributed by atoms with E-state index in [0.717, 1.165) is 0 Å². The summed E-state index contributed by atoms with van der Waals surface area (Å²) in [4.78, 5) is 17.8. The van der Waals surface area contributed by atoms with Crippen molar-refractivity contribution in [3.05, 3.63) is 0 Å². The molecule has 23 heavy (non-hydrogen) atoms. The van der Waals surface area contributed by atoms with Gasteiger partial charge in [-0.05, 0) is 19.4 Å². The van der Waals surface area contributed by atoms with Crippen LogP contribution in [0.2, 0.25) is 0 Å². The van der Waals surface area contributed by atoms with Crippen molar-refractivity contribution < 1.29 is 18.0 Å². The third-order valence-electron chi connectivity index (χ3n) is 5.05. The van der Waals surface area contributed by atoms with Crippen LogP contribution in [0, 0.1) is 17.4 Å². The number of piperidine rings is 1. The molecule has 3 rings (SSSR count). The standard InChI is InChI=1S/C14H20F3N5O/c15-14(16,17)10-1-2-19-12(7-10)22-6-5-21-4-3-20(9-18)8-11(21)13(22)23/h10-12,19H,1-8H2/t10?,11-,12?/m1/s1. The van der Waals surface area contributed by atoms with Crippen molar-refractivity contribution in [1.82, 2.24) is 20.0 Å². The number of nitrogens with zero attached hydrogens (tertiary/aromatic N) is 4. The average molecular weight is 331 g/mol. The van der Waals surface area contributed by atoms with Crippen molar-refractivity contribution in [1.29, 1.82) is 5.26 Å². The summed E-state index contributed by atoms with van der Waals surface area (Å²) in [6, 6.07) is -0.426. The summed E-state index contributed by atoms with van der Waals surface area (Å²) in [5.74, 6) is -1.53. The molecule has 3 fully saturated rings. The van der Waals surface area contributed by atoms with Gasteiger partial charge in [0.25, 0.3) is 0 Å². The number of hydrogen-bond acceptors (Lipinski definition) is 5. The van der Waals surface area contributed by atoms with Crippen molar-refractivity contribution in [2.45, 2.75) is 31.2 Å². The fourth-order valence-corrected chi connectivity index (χ4v) is 3.69. The molecule has 1 N–H and O–H groups in total. The van der Waals surface area contributed by atoms with Gasteiger partial charge in [0.2, 0.25) is 5.91 Å². The normalized spacial score (nSPS) is 33.3. The Kier molecular flexibility index (Phi) is 4.38. The molecule has 0 saturated carbocycles. The molecule has 0 radical (unpaired) electrons. The lowest BCUT2D eigenvalue weighted by atomic mass is 9.93. The molecule has 1 amide bonds. The highest BCUT2D eigenvalue weighted by atomic mass is 19.4. The highest BCUT2D eigenvalue weighted by Crippen LogP contribution is 2.35. The fraction of sp³-hybridized carbons (Fsp3) is 0.857. The molecule has 0 aromatic carbocycles. The molecule has 3 atom stereocenters. The first-order chi connectivity index (χ1) is 10.9. The van der Waals surface area contributed by atoms with Gasteiger partial charge in [0.05, 0.1) is 18.6 Å². The van der Waals surface area contributed by atoms with Crippen LogP contribution in [-0.4, -0.2) is 78.3 Å². The number of nitriles is 1. The second kappa shape index (κ2) is 6.17. The van der Waals surface area contributed by atoms with Crippen LogP contribution in [0.15, 0.2) is 0 Å². The Hall–Kier alpha value is -1.53. The Bertz CT molecular complexity index is 506. The van der Waals surface area contributed by atoms with Gasteiger partial charge < -0.3 is 9.80 Å². The average Bonchev–Trinajstić information content (AvgIpc) is 2.54. The second-order valence-electron chi connectivity index (χ2n) is 6.36. The summed E-state index contributed by atoms with van der Waals surface area (Å²) in [5, 5.41) is 12.1. The van der Waals surface area contributed by atoms with Gasteiger partial charge in [-0.15, -0.1) is 0 Å². The molecule has 3 aliphatic rings. The number of amides is 1. The van der Waals surface area contributed by atoms with Gasteiger partial charge in [-0.3, -0.25) is 15.0 Å². The molecule has 6 nitrogen and oxygen atoms in total. The van der Waals surface area contributed by atoms with Gasteiger partial charge in [-0.1, -0.05) is 0 Å². The number of hydrogen-bond donors (Lipinski definition) is 1. The van der Waals surface area contributed by atoms with E-state index >= 15 is 0 Å². The summed E-state index contributed by atoms with van der Waals surface area (Å²) in [6.07, 6.45) is -2.77. The molecule has 0 bridgehead atoms. The molecule has 0 aromatic heterocycles. The zero-order valence-corrected chi connectivity index (χ0v) is 12.7. The monoisotopic (exact) mass is 331 g/mol. The van der Waals surface area contributed by atoms with Crippen LogP contribution in [0.5, 0.6) is 0 Å². The van der Waals surface area contributed by atoms with Crippen molar-refractivity contribution in [2.75, 3.05) is 39.3 Å². The largest absolute Gasteiger partial charge is 0.391 e. The summed E-state index contributed by atoms with van der Waals surface area (Å²) in [5.41, 5.74) is 0. The highest BCUT2D eigenvalue weighted by Gasteiger charge is 2.46. The summed E-state index contributed by atoms with van der Waals surface area (Å²) >= 11 is 0. The maximum Gasteiger partial charge on any atom is 0.391 e. The number of carbonyl (C=O) groups excluding carboxylic acids is 1. The topological polar surface area (TPSA) is 62.6 Å². The Balaban J connectivity index is 1.69. The van der Waals surface area contributed by atoms with E-state index in [4.69, 9.17) is 5.26 Å². The van der Waals surface area contributed by atoms with Crippen molar-refractivity contribution >= 4 is 5.91 Å². The molecule has 0 aliphatic carbocycles. The van der Waals surface area contributed by atoms with E-state index in [-0.39, 0.29) is 25.3 Å². The van der Waals surface area contributed by atoms with Crippen LogP contribution >= 0.6 is 0 Å². The van der Waals surface area contributed by atoms with Gasteiger partial charge in [-0.25, -0.2) is 0 Å². The number of piperazine rings is 2. The molecular weight excluding hydrogens is 311 g/mol. The van der Waals surface area contributed by atoms with Crippen molar-refractivity contribution in [3.63, 3.8) is 0 Å². The van der Waals surface area contributed by atoms with E-state index in [2.05, 4.69) is 11.5 Å². The maximum absolute atomic E-state index is 13.0. The first kappa shape index (κ1) is 16.3. The molecule has 2 unspecified atom stereocenters. The first-order valence-corrected chi connectivity index (χ1v) is 7.89. The van der Waals surface area contributed by atoms with Crippen LogP contribution in [-0.2, 0) is 4.79 Å². The maximum atomic E-state index is 13.0. The summed E-state index contributed by atoms with van der Waals surface area (Å²) in [7, 11) is 0. The molecular formula is C14H20F3N5O. The van der Waals surface area contributed by atoms with Crippen LogP contribution in [0.4, 0.5) is 13.2 Å². The van der Waals surface area contributed by atoms with Crippen molar-refractivity contribution in [2.24, 2.45) is 5.92 Å². The van der Waals surface area contributed by atoms with E-state index in [0.29, 0.717) is 32.7 Å². The first-order valence-electron chi connectivity index (χ1n) is 7.89. The SMILES string of the molecule is N#CN1CCN2CCN(C3CC(C(F)(F)F)CCN3)C(=O)[C@H]2C1. The predicted octanol–water partition coefficient (Wildman–Crippen LogP) is 0.184. The number of fused-ring (bicyclic) bond motifs is 1.